The first kappa shape index (κ1) is 20.2. The second kappa shape index (κ2) is 7.61. The van der Waals surface area contributed by atoms with Gasteiger partial charge in [0.25, 0.3) is 0 Å². The van der Waals surface area contributed by atoms with Crippen molar-refractivity contribution in [3.05, 3.63) is 28.4 Å². The lowest BCUT2D eigenvalue weighted by molar-refractivity contribution is -0.136. The van der Waals surface area contributed by atoms with Crippen molar-refractivity contribution < 1.29 is 36.5 Å². The highest BCUT2D eigenvalue weighted by Gasteiger charge is 2.42. The molecule has 0 amide bonds. The molecule has 1 aromatic carbocycles. The van der Waals surface area contributed by atoms with Crippen LogP contribution in [0.1, 0.15) is 18.4 Å². The zero-order chi connectivity index (χ0) is 18.8. The Kier molecular flexibility index (Phi) is 6.13. The van der Waals surface area contributed by atoms with Crippen LogP contribution < -0.4 is 4.74 Å². The summed E-state index contributed by atoms with van der Waals surface area (Å²) in [5.41, 5.74) is -4.55. The average molecular weight is 449 g/mol. The molecule has 1 heterocycles. The lowest BCUT2D eigenvalue weighted by Crippen LogP contribution is -2.12. The first-order chi connectivity index (χ1) is 11.5. The van der Waals surface area contributed by atoms with E-state index in [1.54, 1.807) is 0 Å². The zero-order valence-corrected chi connectivity index (χ0v) is 14.7. The first-order valence-corrected chi connectivity index (χ1v) is 8.77. The molecule has 2 N–H and O–H groups in total. The molecule has 25 heavy (non-hydrogen) atoms. The van der Waals surface area contributed by atoms with E-state index in [2.05, 4.69) is 25.9 Å². The third-order valence-corrected chi connectivity index (χ3v) is 4.46. The van der Waals surface area contributed by atoms with Gasteiger partial charge in [-0.3, -0.25) is 0 Å². The fourth-order valence-electron chi connectivity index (χ4n) is 1.88. The molecule has 1 aromatic heterocycles. The molecular formula is C13H11BrF5N2O3P. The smallest absolute Gasteiger partial charge is 0.389 e. The molecule has 0 aliphatic heterocycles. The molecule has 0 fully saturated rings. The Bertz CT molecular complexity index is 760. The molecular weight excluding hydrogens is 438 g/mol. The maximum absolute atomic E-state index is 13.8. The third kappa shape index (κ3) is 5.16. The van der Waals surface area contributed by atoms with Gasteiger partial charge in [-0.25, -0.2) is 4.98 Å². The SMILES string of the molecule is OP(O)C(F)(F)c1cc2nc(OCCCC(F)(F)F)ncc2cc1Br. The molecule has 0 unspecified atom stereocenters. The number of benzene rings is 1. The lowest BCUT2D eigenvalue weighted by Gasteiger charge is -2.19. The van der Waals surface area contributed by atoms with Crippen molar-refractivity contribution in [1.82, 2.24) is 9.97 Å². The minimum Gasteiger partial charge on any atom is -0.463 e. The molecule has 2 rings (SSSR count). The topological polar surface area (TPSA) is 75.5 Å². The van der Waals surface area contributed by atoms with Crippen LogP contribution in [0.3, 0.4) is 0 Å². The first-order valence-electron chi connectivity index (χ1n) is 6.73. The molecule has 12 heteroatoms. The van der Waals surface area contributed by atoms with E-state index in [1.165, 1.54) is 12.3 Å². The molecule has 5 nitrogen and oxygen atoms in total. The molecule has 0 spiro atoms. The second-order valence-electron chi connectivity index (χ2n) is 4.94. The second-order valence-corrected chi connectivity index (χ2v) is 6.94. The van der Waals surface area contributed by atoms with Crippen molar-refractivity contribution in [2.75, 3.05) is 6.61 Å². The van der Waals surface area contributed by atoms with Gasteiger partial charge in [-0.05, 0) is 18.6 Å². The summed E-state index contributed by atoms with van der Waals surface area (Å²) in [4.78, 5) is 25.4. The summed E-state index contributed by atoms with van der Waals surface area (Å²) in [6, 6.07) is 1.94. The Morgan fingerprint density at radius 1 is 1.16 bits per heavy atom. The van der Waals surface area contributed by atoms with E-state index in [0.717, 1.165) is 6.07 Å². The van der Waals surface area contributed by atoms with Crippen molar-refractivity contribution in [3.63, 3.8) is 0 Å². The Labute approximate surface area is 147 Å². The predicted molar refractivity (Wildman–Crippen MR) is 83.3 cm³/mol. The molecule has 0 saturated carbocycles. The standard InChI is InChI=1S/C13H11BrF5N2O3P/c14-9-4-7-6-20-11(24-3-1-2-12(15,16)17)21-10(7)5-8(9)13(18,19)25(22)23/h4-6,22-23H,1-3H2. The molecule has 0 aliphatic rings. The molecule has 138 valence electrons. The number of rotatable bonds is 6. The highest BCUT2D eigenvalue weighted by atomic mass is 79.9. The van der Waals surface area contributed by atoms with Crippen molar-refractivity contribution in [1.29, 1.82) is 0 Å². The Morgan fingerprint density at radius 3 is 2.44 bits per heavy atom. The summed E-state index contributed by atoms with van der Waals surface area (Å²) in [5, 5.41) is 0.356. The minimum absolute atomic E-state index is 0.0237. The van der Waals surface area contributed by atoms with Crippen LogP contribution in [0.2, 0.25) is 0 Å². The van der Waals surface area contributed by atoms with Crippen LogP contribution >= 0.6 is 24.3 Å². The summed E-state index contributed by atoms with van der Waals surface area (Å²) in [7, 11) is -3.57. The van der Waals surface area contributed by atoms with Gasteiger partial charge in [0.1, 0.15) is 0 Å². The maximum Gasteiger partial charge on any atom is 0.389 e. The third-order valence-electron chi connectivity index (χ3n) is 3.06. The summed E-state index contributed by atoms with van der Waals surface area (Å²) in [6.45, 7) is -0.289. The summed E-state index contributed by atoms with van der Waals surface area (Å²) < 4.78 is 68.8. The van der Waals surface area contributed by atoms with Gasteiger partial charge in [0.05, 0.1) is 12.1 Å². The van der Waals surface area contributed by atoms with E-state index in [4.69, 9.17) is 14.5 Å². The molecule has 0 radical (unpaired) electrons. The van der Waals surface area contributed by atoms with Gasteiger partial charge in [0.15, 0.2) is 0 Å². The van der Waals surface area contributed by atoms with Crippen molar-refractivity contribution in [3.8, 4) is 6.01 Å². The highest BCUT2D eigenvalue weighted by Crippen LogP contribution is 2.54. The lowest BCUT2D eigenvalue weighted by atomic mass is 10.1. The highest BCUT2D eigenvalue weighted by molar-refractivity contribution is 9.10. The number of nitrogens with zero attached hydrogens (tertiary/aromatic N) is 2. The van der Waals surface area contributed by atoms with Crippen LogP contribution in [0.25, 0.3) is 10.9 Å². The van der Waals surface area contributed by atoms with E-state index in [-0.39, 0.29) is 29.0 Å². The summed E-state index contributed by atoms with van der Waals surface area (Å²) in [5.74, 6) is 0. The van der Waals surface area contributed by atoms with Crippen LogP contribution in [0.15, 0.2) is 22.8 Å². The normalized spacial score (nSPS) is 12.8. The minimum atomic E-state index is -4.30. The number of hydrogen-bond acceptors (Lipinski definition) is 5. The zero-order valence-electron chi connectivity index (χ0n) is 12.3. The molecule has 0 bridgehead atoms. The molecule has 2 aromatic rings. The van der Waals surface area contributed by atoms with E-state index in [0.29, 0.717) is 5.39 Å². The van der Waals surface area contributed by atoms with E-state index in [1.807, 2.05) is 0 Å². The van der Waals surface area contributed by atoms with Gasteiger partial charge in [0, 0.05) is 28.0 Å². The van der Waals surface area contributed by atoms with Crippen LogP contribution in [0.5, 0.6) is 6.01 Å². The molecule has 0 aliphatic carbocycles. The van der Waals surface area contributed by atoms with Crippen molar-refractivity contribution in [2.24, 2.45) is 0 Å². The van der Waals surface area contributed by atoms with Gasteiger partial charge in [-0.1, -0.05) is 15.9 Å². The Hall–Kier alpha value is -1.16. The fraction of sp³-hybridized carbons (Fsp3) is 0.385. The predicted octanol–water partition coefficient (Wildman–Crippen LogP) is 4.46. The number of fused-ring (bicyclic) bond motifs is 1. The van der Waals surface area contributed by atoms with Crippen LogP contribution in [-0.4, -0.2) is 32.5 Å². The fourth-order valence-corrected chi connectivity index (χ4v) is 3.04. The average Bonchev–Trinajstić information content (AvgIpc) is 2.49. The number of ether oxygens (including phenoxy) is 1. The maximum atomic E-state index is 13.8. The van der Waals surface area contributed by atoms with E-state index < -0.39 is 32.2 Å². The number of alkyl halides is 5. The van der Waals surface area contributed by atoms with Gasteiger partial charge >= 0.3 is 17.9 Å². The van der Waals surface area contributed by atoms with E-state index >= 15 is 0 Å². The van der Waals surface area contributed by atoms with Crippen LogP contribution in [-0.2, 0) is 5.66 Å². The number of hydrogen-bond donors (Lipinski definition) is 2. The Morgan fingerprint density at radius 2 is 1.84 bits per heavy atom. The quantitative estimate of drug-likeness (QED) is 0.387. The monoisotopic (exact) mass is 448 g/mol. The van der Waals surface area contributed by atoms with Crippen molar-refractivity contribution >= 4 is 35.2 Å². The van der Waals surface area contributed by atoms with Gasteiger partial charge in [-0.2, -0.15) is 26.9 Å². The van der Waals surface area contributed by atoms with Crippen LogP contribution in [0, 0.1) is 0 Å². The largest absolute Gasteiger partial charge is 0.463 e. The summed E-state index contributed by atoms with van der Waals surface area (Å²) in [6.07, 6.45) is -4.36. The van der Waals surface area contributed by atoms with Crippen LogP contribution in [0.4, 0.5) is 22.0 Å². The number of aromatic nitrogens is 2. The number of halogens is 6. The van der Waals surface area contributed by atoms with Crippen molar-refractivity contribution in [2.45, 2.75) is 24.7 Å². The van der Waals surface area contributed by atoms with Gasteiger partial charge in [-0.15, -0.1) is 0 Å². The molecule has 0 atom stereocenters. The van der Waals surface area contributed by atoms with E-state index in [9.17, 15) is 22.0 Å². The van der Waals surface area contributed by atoms with Gasteiger partial charge in [0.2, 0.25) is 8.38 Å². The Balaban J connectivity index is 2.22. The summed E-state index contributed by atoms with van der Waals surface area (Å²) >= 11 is 2.92. The van der Waals surface area contributed by atoms with Gasteiger partial charge < -0.3 is 14.5 Å². The molecule has 0 saturated heterocycles.